The normalized spacial score (nSPS) is 12.1. The first kappa shape index (κ1) is 18.7. The zero-order valence-electron chi connectivity index (χ0n) is 15.1. The van der Waals surface area contributed by atoms with Gasteiger partial charge in [-0.15, -0.1) is 0 Å². The molecule has 1 atom stereocenters. The molecule has 0 aliphatic rings. The van der Waals surface area contributed by atoms with Crippen LogP contribution in [-0.2, 0) is 0 Å². The summed E-state index contributed by atoms with van der Waals surface area (Å²) in [6.45, 7) is 4.32. The van der Waals surface area contributed by atoms with Crippen molar-refractivity contribution >= 4 is 22.8 Å². The lowest BCUT2D eigenvalue weighted by Crippen LogP contribution is -2.29. The number of carbonyl (C=O) groups excluding carboxylic acids is 1. The number of amides is 1. The maximum absolute atomic E-state index is 14.4. The number of nitrogens with two attached hydrogens (primary N) is 1. The largest absolute Gasteiger partial charge is 0.366 e. The predicted molar refractivity (Wildman–Crippen MR) is 100 cm³/mol. The van der Waals surface area contributed by atoms with E-state index in [0.717, 1.165) is 12.1 Å². The van der Waals surface area contributed by atoms with Crippen molar-refractivity contribution in [1.29, 1.82) is 0 Å². The molecule has 3 aromatic rings. The summed E-state index contributed by atoms with van der Waals surface area (Å²) in [5, 5.41) is 0. The van der Waals surface area contributed by atoms with Crippen LogP contribution in [0.25, 0.3) is 11.0 Å². The third-order valence-corrected chi connectivity index (χ3v) is 4.55. The second kappa shape index (κ2) is 7.65. The Hall–Kier alpha value is -3.09. The number of fused-ring (bicyclic) bond motifs is 1. The standard InChI is InChI=1S/C20H20F2N4O/c1-3-17(14-11-12(21)5-6-15(14)22)26(4-2)18-8-7-16-19(25-18)13(20(23)27)9-10-24-16/h5-11,17H,3-4H2,1-2H3,(H2,23,27)/t17-/m1/s1. The molecule has 0 unspecified atom stereocenters. The average Bonchev–Trinajstić information content (AvgIpc) is 2.67. The van der Waals surface area contributed by atoms with Gasteiger partial charge in [0.1, 0.15) is 23.0 Å². The van der Waals surface area contributed by atoms with Gasteiger partial charge in [0, 0.05) is 18.3 Å². The molecule has 0 radical (unpaired) electrons. The van der Waals surface area contributed by atoms with Gasteiger partial charge in [-0.2, -0.15) is 0 Å². The highest BCUT2D eigenvalue weighted by Crippen LogP contribution is 2.31. The molecule has 0 aliphatic heterocycles. The van der Waals surface area contributed by atoms with Crippen molar-refractivity contribution in [3.8, 4) is 0 Å². The Labute approximate surface area is 155 Å². The molecule has 0 fully saturated rings. The summed E-state index contributed by atoms with van der Waals surface area (Å²) >= 11 is 0. The Kier molecular flexibility index (Phi) is 5.30. The quantitative estimate of drug-likeness (QED) is 0.712. The van der Waals surface area contributed by atoms with Gasteiger partial charge in [0.25, 0.3) is 5.91 Å². The summed E-state index contributed by atoms with van der Waals surface area (Å²) in [5.41, 5.74) is 6.90. The lowest BCUT2D eigenvalue weighted by atomic mass is 10.0. The Morgan fingerprint density at radius 2 is 1.96 bits per heavy atom. The van der Waals surface area contributed by atoms with Crippen molar-refractivity contribution in [3.63, 3.8) is 0 Å². The second-order valence-corrected chi connectivity index (χ2v) is 6.14. The van der Waals surface area contributed by atoms with Crippen molar-refractivity contribution in [1.82, 2.24) is 9.97 Å². The molecule has 27 heavy (non-hydrogen) atoms. The summed E-state index contributed by atoms with van der Waals surface area (Å²) in [7, 11) is 0. The molecule has 3 rings (SSSR count). The van der Waals surface area contributed by atoms with Crippen LogP contribution < -0.4 is 10.6 Å². The van der Waals surface area contributed by atoms with E-state index in [1.807, 2.05) is 18.7 Å². The van der Waals surface area contributed by atoms with Crippen LogP contribution in [-0.4, -0.2) is 22.4 Å². The van der Waals surface area contributed by atoms with Crippen LogP contribution in [0.15, 0.2) is 42.6 Å². The fourth-order valence-corrected chi connectivity index (χ4v) is 3.29. The number of aromatic nitrogens is 2. The van der Waals surface area contributed by atoms with Crippen molar-refractivity contribution in [3.05, 3.63) is 65.4 Å². The lowest BCUT2D eigenvalue weighted by molar-refractivity contribution is 0.100. The molecule has 0 spiro atoms. The highest BCUT2D eigenvalue weighted by Gasteiger charge is 2.23. The van der Waals surface area contributed by atoms with Gasteiger partial charge in [0.15, 0.2) is 0 Å². The van der Waals surface area contributed by atoms with E-state index in [-0.39, 0.29) is 11.1 Å². The van der Waals surface area contributed by atoms with Crippen LogP contribution in [0.3, 0.4) is 0 Å². The Balaban J connectivity index is 2.12. The van der Waals surface area contributed by atoms with E-state index in [4.69, 9.17) is 5.73 Å². The van der Waals surface area contributed by atoms with Gasteiger partial charge in [-0.3, -0.25) is 9.78 Å². The number of benzene rings is 1. The molecule has 5 nitrogen and oxygen atoms in total. The van der Waals surface area contributed by atoms with Crippen LogP contribution in [0, 0.1) is 11.6 Å². The summed E-state index contributed by atoms with van der Waals surface area (Å²) in [6.07, 6.45) is 2.04. The second-order valence-electron chi connectivity index (χ2n) is 6.14. The number of carbonyl (C=O) groups is 1. The molecule has 140 valence electrons. The van der Waals surface area contributed by atoms with Crippen LogP contribution in [0.1, 0.15) is 42.2 Å². The van der Waals surface area contributed by atoms with Gasteiger partial charge >= 0.3 is 0 Å². The maximum atomic E-state index is 14.4. The SMILES string of the molecule is CC[C@H](c1cc(F)ccc1F)N(CC)c1ccc2nccc(C(N)=O)c2n1. The fourth-order valence-electron chi connectivity index (χ4n) is 3.29. The number of rotatable bonds is 6. The molecule has 0 saturated heterocycles. The summed E-state index contributed by atoms with van der Waals surface area (Å²) < 4.78 is 28.1. The van der Waals surface area contributed by atoms with E-state index in [9.17, 15) is 13.6 Å². The van der Waals surface area contributed by atoms with Gasteiger partial charge in [-0.1, -0.05) is 6.92 Å². The molecular formula is C20H20F2N4O. The Morgan fingerprint density at radius 1 is 1.19 bits per heavy atom. The van der Waals surface area contributed by atoms with E-state index in [0.29, 0.717) is 29.8 Å². The molecule has 0 bridgehead atoms. The molecule has 2 aromatic heterocycles. The number of pyridine rings is 2. The van der Waals surface area contributed by atoms with Crippen molar-refractivity contribution in [2.24, 2.45) is 5.73 Å². The summed E-state index contributed by atoms with van der Waals surface area (Å²) in [4.78, 5) is 22.3. The van der Waals surface area contributed by atoms with Crippen LogP contribution in [0.4, 0.5) is 14.6 Å². The average molecular weight is 370 g/mol. The lowest BCUT2D eigenvalue weighted by Gasteiger charge is -2.32. The Morgan fingerprint density at radius 3 is 2.63 bits per heavy atom. The van der Waals surface area contributed by atoms with E-state index in [2.05, 4.69) is 9.97 Å². The minimum Gasteiger partial charge on any atom is -0.366 e. The molecule has 2 N–H and O–H groups in total. The smallest absolute Gasteiger partial charge is 0.251 e. The van der Waals surface area contributed by atoms with Crippen LogP contribution in [0.5, 0.6) is 0 Å². The highest BCUT2D eigenvalue weighted by atomic mass is 19.1. The number of nitrogens with zero attached hydrogens (tertiary/aromatic N) is 3. The van der Waals surface area contributed by atoms with Crippen molar-refractivity contribution in [2.75, 3.05) is 11.4 Å². The van der Waals surface area contributed by atoms with Gasteiger partial charge < -0.3 is 10.6 Å². The Bertz CT molecular complexity index is 993. The number of anilines is 1. The van der Waals surface area contributed by atoms with Gasteiger partial charge in [-0.05, 0) is 49.7 Å². The number of halogens is 2. The third kappa shape index (κ3) is 3.58. The van der Waals surface area contributed by atoms with E-state index >= 15 is 0 Å². The zero-order chi connectivity index (χ0) is 19.6. The molecule has 1 aromatic carbocycles. The van der Waals surface area contributed by atoms with E-state index in [1.54, 1.807) is 12.1 Å². The predicted octanol–water partition coefficient (Wildman–Crippen LogP) is 3.98. The first-order valence-corrected chi connectivity index (χ1v) is 8.73. The maximum Gasteiger partial charge on any atom is 0.251 e. The molecule has 2 heterocycles. The van der Waals surface area contributed by atoms with Gasteiger partial charge in [0.2, 0.25) is 0 Å². The van der Waals surface area contributed by atoms with Gasteiger partial charge in [0.05, 0.1) is 17.1 Å². The monoisotopic (exact) mass is 370 g/mol. The molecule has 1 amide bonds. The summed E-state index contributed by atoms with van der Waals surface area (Å²) in [5.74, 6) is -1.02. The topological polar surface area (TPSA) is 72.1 Å². The number of hydrogen-bond acceptors (Lipinski definition) is 4. The van der Waals surface area contributed by atoms with Crippen molar-refractivity contribution in [2.45, 2.75) is 26.3 Å². The number of hydrogen-bond donors (Lipinski definition) is 1. The number of primary amides is 1. The minimum atomic E-state index is -0.599. The molecule has 7 heteroatoms. The molecule has 0 saturated carbocycles. The van der Waals surface area contributed by atoms with E-state index < -0.39 is 23.6 Å². The first-order valence-electron chi connectivity index (χ1n) is 8.73. The first-order chi connectivity index (χ1) is 13.0. The molecular weight excluding hydrogens is 350 g/mol. The van der Waals surface area contributed by atoms with Crippen LogP contribution >= 0.6 is 0 Å². The summed E-state index contributed by atoms with van der Waals surface area (Å²) in [6, 6.07) is 8.03. The fraction of sp³-hybridized carbons (Fsp3) is 0.250. The highest BCUT2D eigenvalue weighted by molar-refractivity contribution is 6.03. The zero-order valence-corrected chi connectivity index (χ0v) is 15.1. The van der Waals surface area contributed by atoms with E-state index in [1.165, 1.54) is 18.3 Å². The van der Waals surface area contributed by atoms with Crippen molar-refractivity contribution < 1.29 is 13.6 Å². The van der Waals surface area contributed by atoms with Gasteiger partial charge in [-0.25, -0.2) is 13.8 Å². The third-order valence-electron chi connectivity index (χ3n) is 4.55. The van der Waals surface area contributed by atoms with Crippen LogP contribution in [0.2, 0.25) is 0 Å². The minimum absolute atomic E-state index is 0.266. The molecule has 0 aliphatic carbocycles.